The molecule has 0 spiro atoms. The second-order valence-corrected chi connectivity index (χ2v) is 2.72. The molecule has 5 nitrogen and oxygen atoms in total. The summed E-state index contributed by atoms with van der Waals surface area (Å²) >= 11 is 5.71. The van der Waals surface area contributed by atoms with Gasteiger partial charge in [0.15, 0.2) is 0 Å². The zero-order chi connectivity index (χ0) is 9.42. The monoisotopic (exact) mass is 196 g/mol. The maximum Gasteiger partial charge on any atom is 0.347 e. The van der Waals surface area contributed by atoms with Gasteiger partial charge in [0.1, 0.15) is 11.2 Å². The lowest BCUT2D eigenvalue weighted by Gasteiger charge is -1.92. The molecule has 0 amide bonds. The quantitative estimate of drug-likeness (QED) is 0.515. The normalized spacial score (nSPS) is 10.5. The SMILES string of the molecule is O=[N+]([O-])c1cnc2c(Cl)[c]ccn12. The van der Waals surface area contributed by atoms with Crippen LogP contribution in [0, 0.1) is 16.2 Å². The molecule has 0 aromatic carbocycles. The Balaban J connectivity index is 2.83. The molecule has 13 heavy (non-hydrogen) atoms. The smallest absolute Gasteiger partial charge is 0.347 e. The predicted octanol–water partition coefficient (Wildman–Crippen LogP) is 1.70. The molecule has 0 saturated carbocycles. The Hall–Kier alpha value is -1.62. The Bertz CT molecular complexity index is 480. The number of pyridine rings is 1. The molecular weight excluding hydrogens is 194 g/mol. The van der Waals surface area contributed by atoms with E-state index in [1.807, 2.05) is 0 Å². The zero-order valence-corrected chi connectivity index (χ0v) is 7.02. The second-order valence-electron chi connectivity index (χ2n) is 2.34. The summed E-state index contributed by atoms with van der Waals surface area (Å²) in [4.78, 5) is 13.8. The van der Waals surface area contributed by atoms with Crippen LogP contribution in [0.5, 0.6) is 0 Å². The molecule has 0 N–H and O–H groups in total. The van der Waals surface area contributed by atoms with Crippen LogP contribution in [0.1, 0.15) is 0 Å². The fourth-order valence-corrected chi connectivity index (χ4v) is 1.25. The molecule has 0 aliphatic heterocycles. The van der Waals surface area contributed by atoms with E-state index >= 15 is 0 Å². The van der Waals surface area contributed by atoms with Crippen molar-refractivity contribution in [2.75, 3.05) is 0 Å². The first-order valence-electron chi connectivity index (χ1n) is 3.38. The van der Waals surface area contributed by atoms with E-state index in [1.165, 1.54) is 16.7 Å². The summed E-state index contributed by atoms with van der Waals surface area (Å²) in [5.41, 5.74) is 0.343. The molecule has 0 bridgehead atoms. The fraction of sp³-hybridized carbons (Fsp3) is 0. The molecule has 0 aliphatic carbocycles. The Kier molecular flexibility index (Phi) is 1.66. The van der Waals surface area contributed by atoms with E-state index in [2.05, 4.69) is 11.1 Å². The van der Waals surface area contributed by atoms with Gasteiger partial charge in [-0.05, 0) is 11.0 Å². The molecule has 0 atom stereocenters. The molecule has 0 saturated heterocycles. The zero-order valence-electron chi connectivity index (χ0n) is 6.27. The minimum Gasteiger partial charge on any atom is -0.358 e. The standard InChI is InChI=1S/C7H3ClN3O2/c8-5-2-1-3-10-6(11(12)13)4-9-7(5)10/h1,3-4H. The Morgan fingerprint density at radius 2 is 2.46 bits per heavy atom. The molecular formula is C7H3ClN3O2. The highest BCUT2D eigenvalue weighted by Crippen LogP contribution is 2.19. The number of halogens is 1. The van der Waals surface area contributed by atoms with Gasteiger partial charge in [0.05, 0.1) is 6.20 Å². The van der Waals surface area contributed by atoms with Gasteiger partial charge in [-0.1, -0.05) is 11.6 Å². The van der Waals surface area contributed by atoms with Crippen molar-refractivity contribution < 1.29 is 4.92 Å². The van der Waals surface area contributed by atoms with Crippen molar-refractivity contribution in [2.45, 2.75) is 0 Å². The lowest BCUT2D eigenvalue weighted by Crippen LogP contribution is -1.93. The lowest BCUT2D eigenvalue weighted by molar-refractivity contribution is -0.390. The summed E-state index contributed by atoms with van der Waals surface area (Å²) < 4.78 is 1.30. The van der Waals surface area contributed by atoms with Gasteiger partial charge in [0.25, 0.3) is 0 Å². The number of nitrogens with zero attached hydrogens (tertiary/aromatic N) is 3. The topological polar surface area (TPSA) is 60.4 Å². The van der Waals surface area contributed by atoms with Gasteiger partial charge in [0.2, 0.25) is 5.65 Å². The number of nitro groups is 1. The number of fused-ring (bicyclic) bond motifs is 1. The van der Waals surface area contributed by atoms with Crippen LogP contribution >= 0.6 is 11.6 Å². The highest BCUT2D eigenvalue weighted by molar-refractivity contribution is 6.33. The average molecular weight is 197 g/mol. The van der Waals surface area contributed by atoms with Crippen molar-refractivity contribution in [1.29, 1.82) is 0 Å². The third-order valence-electron chi connectivity index (χ3n) is 1.59. The van der Waals surface area contributed by atoms with E-state index in [0.717, 1.165) is 6.20 Å². The van der Waals surface area contributed by atoms with Crippen molar-refractivity contribution in [1.82, 2.24) is 9.38 Å². The van der Waals surface area contributed by atoms with Gasteiger partial charge in [0, 0.05) is 6.07 Å². The molecule has 2 aromatic heterocycles. The highest BCUT2D eigenvalue weighted by atomic mass is 35.5. The highest BCUT2D eigenvalue weighted by Gasteiger charge is 2.14. The van der Waals surface area contributed by atoms with Crippen molar-refractivity contribution >= 4 is 23.1 Å². The first kappa shape index (κ1) is 8.00. The van der Waals surface area contributed by atoms with Crippen molar-refractivity contribution in [3.05, 3.63) is 39.7 Å². The summed E-state index contributed by atoms with van der Waals surface area (Å²) in [7, 11) is 0. The summed E-state index contributed by atoms with van der Waals surface area (Å²) in [6, 6.07) is 4.19. The van der Waals surface area contributed by atoms with Gasteiger partial charge in [-0.25, -0.2) is 4.98 Å². The molecule has 0 fully saturated rings. The number of hydrogen-bond acceptors (Lipinski definition) is 3. The molecule has 2 aromatic rings. The molecule has 1 radical (unpaired) electrons. The first-order valence-corrected chi connectivity index (χ1v) is 3.75. The van der Waals surface area contributed by atoms with Gasteiger partial charge < -0.3 is 10.1 Å². The fourth-order valence-electron chi connectivity index (χ4n) is 1.05. The molecule has 2 rings (SSSR count). The minimum absolute atomic E-state index is 0.106. The van der Waals surface area contributed by atoms with E-state index in [0.29, 0.717) is 5.65 Å². The van der Waals surface area contributed by atoms with Crippen LogP contribution in [-0.2, 0) is 0 Å². The number of rotatable bonds is 1. The lowest BCUT2D eigenvalue weighted by atomic mass is 10.5. The molecule has 0 aliphatic rings. The van der Waals surface area contributed by atoms with E-state index in [4.69, 9.17) is 11.6 Å². The van der Waals surface area contributed by atoms with Crippen molar-refractivity contribution in [2.24, 2.45) is 0 Å². The summed E-state index contributed by atoms with van der Waals surface area (Å²) in [5, 5.41) is 10.8. The molecule has 0 unspecified atom stereocenters. The number of aromatic nitrogens is 2. The Labute approximate surface area is 77.7 Å². The Morgan fingerprint density at radius 3 is 3.15 bits per heavy atom. The molecule has 2 heterocycles. The largest absolute Gasteiger partial charge is 0.358 e. The summed E-state index contributed by atoms with van der Waals surface area (Å²) in [5.74, 6) is -0.106. The van der Waals surface area contributed by atoms with E-state index in [9.17, 15) is 10.1 Å². The van der Waals surface area contributed by atoms with Crippen LogP contribution in [0.25, 0.3) is 5.65 Å². The maximum atomic E-state index is 10.5. The van der Waals surface area contributed by atoms with Gasteiger partial charge in [-0.15, -0.1) is 0 Å². The average Bonchev–Trinajstić information content (AvgIpc) is 2.48. The predicted molar refractivity (Wildman–Crippen MR) is 45.7 cm³/mol. The van der Waals surface area contributed by atoms with Gasteiger partial charge >= 0.3 is 5.82 Å². The first-order chi connectivity index (χ1) is 6.20. The number of imidazole rings is 1. The van der Waals surface area contributed by atoms with Crippen LogP contribution in [0.15, 0.2) is 18.5 Å². The van der Waals surface area contributed by atoms with Crippen LogP contribution in [0.2, 0.25) is 5.02 Å². The minimum atomic E-state index is -0.518. The van der Waals surface area contributed by atoms with Crippen LogP contribution < -0.4 is 0 Å². The van der Waals surface area contributed by atoms with Gasteiger partial charge in [-0.2, -0.15) is 4.40 Å². The van der Waals surface area contributed by atoms with Crippen LogP contribution in [0.4, 0.5) is 5.82 Å². The number of hydrogen-bond donors (Lipinski definition) is 0. The van der Waals surface area contributed by atoms with Gasteiger partial charge in [-0.3, -0.25) is 0 Å². The molecule has 65 valence electrons. The van der Waals surface area contributed by atoms with Crippen LogP contribution in [0.3, 0.4) is 0 Å². The maximum absolute atomic E-state index is 10.5. The van der Waals surface area contributed by atoms with E-state index in [-0.39, 0.29) is 10.8 Å². The third-order valence-corrected chi connectivity index (χ3v) is 1.87. The van der Waals surface area contributed by atoms with Crippen LogP contribution in [-0.4, -0.2) is 14.3 Å². The van der Waals surface area contributed by atoms with Crippen molar-refractivity contribution in [3.8, 4) is 0 Å². The Morgan fingerprint density at radius 1 is 1.69 bits per heavy atom. The van der Waals surface area contributed by atoms with E-state index < -0.39 is 4.92 Å². The second kappa shape index (κ2) is 2.70. The third kappa shape index (κ3) is 1.13. The van der Waals surface area contributed by atoms with Crippen molar-refractivity contribution in [3.63, 3.8) is 0 Å². The molecule has 6 heteroatoms. The summed E-state index contributed by atoms with van der Waals surface area (Å²) in [6.45, 7) is 0. The summed E-state index contributed by atoms with van der Waals surface area (Å²) in [6.07, 6.45) is 2.65. The van der Waals surface area contributed by atoms with E-state index in [1.54, 1.807) is 0 Å².